The number of hydrogen-bond acceptors (Lipinski definition) is 5. The molecule has 0 atom stereocenters. The van der Waals surface area contributed by atoms with E-state index in [2.05, 4.69) is 19.6 Å². The van der Waals surface area contributed by atoms with Crippen LogP contribution in [-0.4, -0.2) is 34.1 Å². The number of nitrogens with zero attached hydrogens (tertiary/aromatic N) is 1. The predicted octanol–water partition coefficient (Wildman–Crippen LogP) is 0.427. The van der Waals surface area contributed by atoms with E-state index in [0.717, 1.165) is 0 Å². The Kier molecular flexibility index (Phi) is 4.03. The molecule has 0 amide bonds. The Morgan fingerprint density at radius 2 is 1.86 bits per heavy atom. The van der Waals surface area contributed by atoms with E-state index >= 15 is 0 Å². The largest absolute Gasteiger partial charge is 0.281 e. The van der Waals surface area contributed by atoms with E-state index in [1.54, 1.807) is 6.92 Å². The summed E-state index contributed by atoms with van der Waals surface area (Å²) < 4.78 is 52.2. The van der Waals surface area contributed by atoms with Gasteiger partial charge in [-0.15, -0.1) is 0 Å². The molecule has 0 saturated heterocycles. The van der Waals surface area contributed by atoms with E-state index in [9.17, 15) is 16.8 Å². The zero-order chi connectivity index (χ0) is 15.7. The number of aryl methyl sites for hydroxylation is 1. The third-order valence-electron chi connectivity index (χ3n) is 2.74. The lowest BCUT2D eigenvalue weighted by Crippen LogP contribution is -2.19. The van der Waals surface area contributed by atoms with Crippen LogP contribution in [0.25, 0.3) is 0 Å². The lowest BCUT2D eigenvalue weighted by atomic mass is 10.3. The van der Waals surface area contributed by atoms with Gasteiger partial charge in [0, 0.05) is 0 Å². The number of aromatic nitrogens is 2. The van der Waals surface area contributed by atoms with Crippen LogP contribution in [0.15, 0.2) is 40.3 Å². The molecule has 1 aromatic heterocycles. The number of anilines is 1. The second-order valence-electron chi connectivity index (χ2n) is 4.20. The van der Waals surface area contributed by atoms with Crippen LogP contribution in [0.2, 0.25) is 0 Å². The van der Waals surface area contributed by atoms with E-state index in [1.807, 2.05) is 0 Å². The normalized spacial score (nSPS) is 12.3. The molecule has 10 heteroatoms. The minimum Gasteiger partial charge on any atom is -0.281 e. The van der Waals surface area contributed by atoms with E-state index < -0.39 is 20.0 Å². The van der Waals surface area contributed by atoms with Crippen LogP contribution in [0.4, 0.5) is 5.69 Å². The fourth-order valence-electron chi connectivity index (χ4n) is 1.67. The van der Waals surface area contributed by atoms with Crippen LogP contribution in [0, 0.1) is 6.92 Å². The molecule has 0 bridgehead atoms. The minimum absolute atomic E-state index is 0.00405. The van der Waals surface area contributed by atoms with Gasteiger partial charge < -0.3 is 0 Å². The van der Waals surface area contributed by atoms with Crippen molar-refractivity contribution in [2.75, 3.05) is 11.8 Å². The first-order chi connectivity index (χ1) is 9.76. The van der Waals surface area contributed by atoms with E-state index in [1.165, 1.54) is 37.5 Å². The van der Waals surface area contributed by atoms with Gasteiger partial charge in [-0.25, -0.2) is 21.6 Å². The van der Waals surface area contributed by atoms with Gasteiger partial charge in [0.2, 0.25) is 10.0 Å². The van der Waals surface area contributed by atoms with Crippen LogP contribution in [0.1, 0.15) is 5.69 Å². The third-order valence-corrected chi connectivity index (χ3v) is 5.65. The summed E-state index contributed by atoms with van der Waals surface area (Å²) in [5, 5.41) is 6.18. The second-order valence-corrected chi connectivity index (χ2v) is 7.74. The molecule has 0 aliphatic carbocycles. The van der Waals surface area contributed by atoms with Crippen LogP contribution in [0.3, 0.4) is 0 Å². The topological polar surface area (TPSA) is 121 Å². The van der Waals surface area contributed by atoms with Crippen molar-refractivity contribution in [3.8, 4) is 0 Å². The van der Waals surface area contributed by atoms with Crippen LogP contribution >= 0.6 is 0 Å². The first-order valence-corrected chi connectivity index (χ1v) is 8.79. The molecular formula is C11H14N4O4S2. The Balaban J connectivity index is 2.37. The summed E-state index contributed by atoms with van der Waals surface area (Å²) in [6.07, 6.45) is 1.19. The van der Waals surface area contributed by atoms with Crippen LogP contribution in [0.5, 0.6) is 0 Å². The molecule has 3 N–H and O–H groups in total. The Morgan fingerprint density at radius 1 is 1.14 bits per heavy atom. The Labute approximate surface area is 122 Å². The smallest absolute Gasteiger partial charge is 0.265 e. The molecule has 1 heterocycles. The van der Waals surface area contributed by atoms with Crippen molar-refractivity contribution in [2.45, 2.75) is 16.7 Å². The first kappa shape index (κ1) is 15.5. The van der Waals surface area contributed by atoms with E-state index in [0.29, 0.717) is 5.69 Å². The zero-order valence-corrected chi connectivity index (χ0v) is 12.9. The van der Waals surface area contributed by atoms with E-state index in [-0.39, 0.29) is 15.5 Å². The maximum Gasteiger partial charge on any atom is 0.265 e. The molecule has 2 rings (SSSR count). The van der Waals surface area contributed by atoms with Crippen LogP contribution < -0.4 is 9.44 Å². The average molecular weight is 330 g/mol. The van der Waals surface area contributed by atoms with Gasteiger partial charge in [0.25, 0.3) is 10.0 Å². The number of aromatic amines is 1. The van der Waals surface area contributed by atoms with Gasteiger partial charge >= 0.3 is 0 Å². The summed E-state index contributed by atoms with van der Waals surface area (Å²) >= 11 is 0. The molecule has 0 spiro atoms. The Morgan fingerprint density at radius 3 is 2.43 bits per heavy atom. The molecule has 0 unspecified atom stereocenters. The summed E-state index contributed by atoms with van der Waals surface area (Å²) in [5.74, 6) is 0. The van der Waals surface area contributed by atoms with Gasteiger partial charge in [-0.1, -0.05) is 6.07 Å². The summed E-state index contributed by atoms with van der Waals surface area (Å²) in [5.41, 5.74) is 0.536. The molecule has 0 radical (unpaired) electrons. The average Bonchev–Trinajstić information content (AvgIpc) is 2.86. The van der Waals surface area contributed by atoms with Gasteiger partial charge in [-0.2, -0.15) is 5.10 Å². The quantitative estimate of drug-likeness (QED) is 0.734. The highest BCUT2D eigenvalue weighted by molar-refractivity contribution is 7.92. The first-order valence-electron chi connectivity index (χ1n) is 5.83. The molecule has 0 fully saturated rings. The molecular weight excluding hydrogens is 316 g/mol. The van der Waals surface area contributed by atoms with E-state index in [4.69, 9.17) is 0 Å². The summed E-state index contributed by atoms with van der Waals surface area (Å²) in [6, 6.07) is 5.51. The highest BCUT2D eigenvalue weighted by atomic mass is 32.2. The van der Waals surface area contributed by atoms with Crippen LogP contribution in [-0.2, 0) is 20.0 Å². The van der Waals surface area contributed by atoms with Crippen molar-refractivity contribution >= 4 is 25.7 Å². The Hall–Kier alpha value is -1.91. The van der Waals surface area contributed by atoms with Gasteiger partial charge in [-0.05, 0) is 32.2 Å². The fraction of sp³-hybridized carbons (Fsp3) is 0.182. The minimum atomic E-state index is -3.83. The van der Waals surface area contributed by atoms with Gasteiger partial charge in [0.05, 0.1) is 22.5 Å². The van der Waals surface area contributed by atoms with Crippen molar-refractivity contribution in [2.24, 2.45) is 0 Å². The number of benzene rings is 1. The standard InChI is InChI=1S/C11H14N4O4S2/c1-8-11(7-13-14-8)21(18,19)15-9-4-3-5-10(6-9)20(16,17)12-2/h3-7,12,15H,1-2H3,(H,13,14). The van der Waals surface area contributed by atoms with Gasteiger partial charge in [0.1, 0.15) is 4.90 Å². The molecule has 2 aromatic rings. The Bertz CT molecular complexity index is 856. The molecule has 0 aliphatic heterocycles. The predicted molar refractivity (Wildman–Crippen MR) is 76.8 cm³/mol. The summed E-state index contributed by atoms with van der Waals surface area (Å²) in [4.78, 5) is -0.0292. The van der Waals surface area contributed by atoms with Crippen molar-refractivity contribution in [3.63, 3.8) is 0 Å². The van der Waals surface area contributed by atoms with Crippen molar-refractivity contribution in [3.05, 3.63) is 36.2 Å². The zero-order valence-electron chi connectivity index (χ0n) is 11.3. The molecule has 8 nitrogen and oxygen atoms in total. The number of sulfonamides is 2. The highest BCUT2D eigenvalue weighted by Crippen LogP contribution is 2.20. The molecule has 114 valence electrons. The van der Waals surface area contributed by atoms with Crippen molar-refractivity contribution in [1.82, 2.24) is 14.9 Å². The maximum atomic E-state index is 12.2. The summed E-state index contributed by atoms with van der Waals surface area (Å²) in [7, 11) is -6.19. The van der Waals surface area contributed by atoms with Crippen molar-refractivity contribution in [1.29, 1.82) is 0 Å². The highest BCUT2D eigenvalue weighted by Gasteiger charge is 2.19. The SMILES string of the molecule is CNS(=O)(=O)c1cccc(NS(=O)(=O)c2cn[nH]c2C)c1. The number of hydrogen-bond donors (Lipinski definition) is 3. The molecule has 21 heavy (non-hydrogen) atoms. The lowest BCUT2D eigenvalue weighted by Gasteiger charge is -2.09. The number of H-pyrrole nitrogens is 1. The number of rotatable bonds is 5. The van der Waals surface area contributed by atoms with Gasteiger partial charge in [-0.3, -0.25) is 9.82 Å². The second kappa shape index (κ2) is 5.47. The summed E-state index contributed by atoms with van der Waals surface area (Å²) in [6.45, 7) is 1.57. The molecule has 1 aromatic carbocycles. The maximum absolute atomic E-state index is 12.2. The fourth-order valence-corrected chi connectivity index (χ4v) is 3.63. The van der Waals surface area contributed by atoms with Crippen molar-refractivity contribution < 1.29 is 16.8 Å². The lowest BCUT2D eigenvalue weighted by molar-refractivity contribution is 0.588. The van der Waals surface area contributed by atoms with Gasteiger partial charge in [0.15, 0.2) is 0 Å². The third kappa shape index (κ3) is 3.23. The molecule has 0 saturated carbocycles. The number of nitrogens with one attached hydrogen (secondary N) is 3. The monoisotopic (exact) mass is 330 g/mol. The molecule has 0 aliphatic rings.